The molecular weight excluding hydrogens is 414 g/mol. The molecule has 8 heteroatoms. The van der Waals surface area contributed by atoms with Crippen molar-refractivity contribution < 1.29 is 17.9 Å². The lowest BCUT2D eigenvalue weighted by Crippen LogP contribution is -2.45. The van der Waals surface area contributed by atoms with Gasteiger partial charge in [0.2, 0.25) is 10.0 Å². The van der Waals surface area contributed by atoms with Gasteiger partial charge in [-0.1, -0.05) is 0 Å². The van der Waals surface area contributed by atoms with Crippen LogP contribution in [0.1, 0.15) is 35.3 Å². The molecule has 0 amide bonds. The summed E-state index contributed by atoms with van der Waals surface area (Å²) >= 11 is 0. The molecule has 2 aliphatic heterocycles. The summed E-state index contributed by atoms with van der Waals surface area (Å²) in [5.74, 6) is 1.23. The molecule has 2 aliphatic rings. The quantitative estimate of drug-likeness (QED) is 0.650. The lowest BCUT2D eigenvalue weighted by molar-refractivity contribution is 0.104. The van der Waals surface area contributed by atoms with Crippen LogP contribution in [0.4, 0.5) is 0 Å². The molecule has 0 saturated heterocycles. The number of H-pyrrole nitrogens is 1. The molecule has 2 aromatic carbocycles. The first-order chi connectivity index (χ1) is 14.9. The summed E-state index contributed by atoms with van der Waals surface area (Å²) in [7, 11) is 0.984. The van der Waals surface area contributed by atoms with Crippen LogP contribution in [0.25, 0.3) is 10.9 Å². The van der Waals surface area contributed by atoms with Crippen LogP contribution in [0.3, 0.4) is 0 Å². The van der Waals surface area contributed by atoms with Crippen molar-refractivity contribution in [3.05, 3.63) is 52.7 Å². The van der Waals surface area contributed by atoms with Gasteiger partial charge in [-0.2, -0.15) is 0 Å². The Morgan fingerprint density at radius 1 is 1.13 bits per heavy atom. The highest BCUT2D eigenvalue weighted by Crippen LogP contribution is 2.45. The lowest BCUT2D eigenvalue weighted by atomic mass is 9.82. The van der Waals surface area contributed by atoms with Gasteiger partial charge in [0.1, 0.15) is 16.4 Å². The Morgan fingerprint density at radius 3 is 2.65 bits per heavy atom. The molecule has 0 aliphatic carbocycles. The SMILES string of the molecule is CNS(=O)(=O)c1cc2c(cc1OC)CC(C)N1Cc3[nH]c4ccc(OC)cc4c3C[C@@H]21. The van der Waals surface area contributed by atoms with Gasteiger partial charge in [0.05, 0.1) is 14.2 Å². The van der Waals surface area contributed by atoms with E-state index in [1.807, 2.05) is 18.2 Å². The fraction of sp³-hybridized carbons (Fsp3) is 0.391. The van der Waals surface area contributed by atoms with Crippen LogP contribution in [-0.4, -0.2) is 45.6 Å². The number of hydrogen-bond donors (Lipinski definition) is 2. The summed E-state index contributed by atoms with van der Waals surface area (Å²) in [6.07, 6.45) is 1.66. The minimum atomic E-state index is -3.64. The van der Waals surface area contributed by atoms with E-state index in [1.54, 1.807) is 7.11 Å². The summed E-state index contributed by atoms with van der Waals surface area (Å²) in [5, 5.41) is 1.17. The number of sulfonamides is 1. The number of benzene rings is 2. The van der Waals surface area contributed by atoms with Crippen molar-refractivity contribution >= 4 is 20.9 Å². The van der Waals surface area contributed by atoms with Crippen LogP contribution >= 0.6 is 0 Å². The van der Waals surface area contributed by atoms with Crippen LogP contribution in [0.5, 0.6) is 11.5 Å². The monoisotopic (exact) mass is 441 g/mol. The maximum Gasteiger partial charge on any atom is 0.244 e. The Bertz CT molecular complexity index is 1280. The van der Waals surface area contributed by atoms with E-state index < -0.39 is 10.0 Å². The van der Waals surface area contributed by atoms with Gasteiger partial charge in [0.15, 0.2) is 0 Å². The first kappa shape index (κ1) is 20.4. The fourth-order valence-corrected chi connectivity index (χ4v) is 6.06. The zero-order valence-electron chi connectivity index (χ0n) is 18.2. The molecule has 1 aromatic heterocycles. The molecule has 3 heterocycles. The predicted molar refractivity (Wildman–Crippen MR) is 119 cm³/mol. The molecule has 0 bridgehead atoms. The number of nitrogens with zero attached hydrogens (tertiary/aromatic N) is 1. The van der Waals surface area contributed by atoms with E-state index in [-0.39, 0.29) is 10.9 Å². The van der Waals surface area contributed by atoms with E-state index in [4.69, 9.17) is 9.47 Å². The topological polar surface area (TPSA) is 83.7 Å². The molecule has 3 aromatic rings. The molecule has 5 rings (SSSR count). The van der Waals surface area contributed by atoms with Crippen LogP contribution in [-0.2, 0) is 29.4 Å². The first-order valence-electron chi connectivity index (χ1n) is 10.4. The van der Waals surface area contributed by atoms with Gasteiger partial charge in [0.25, 0.3) is 0 Å². The van der Waals surface area contributed by atoms with Crippen molar-refractivity contribution in [3.8, 4) is 11.5 Å². The van der Waals surface area contributed by atoms with Crippen LogP contribution in [0.15, 0.2) is 35.2 Å². The van der Waals surface area contributed by atoms with Gasteiger partial charge in [0, 0.05) is 35.2 Å². The minimum absolute atomic E-state index is 0.105. The Morgan fingerprint density at radius 2 is 1.94 bits per heavy atom. The number of aromatic amines is 1. The molecule has 2 atom stereocenters. The fourth-order valence-electron chi connectivity index (χ4n) is 5.15. The Balaban J connectivity index is 1.66. The summed E-state index contributed by atoms with van der Waals surface area (Å²) in [6.45, 7) is 3.04. The van der Waals surface area contributed by atoms with Crippen LogP contribution in [0, 0.1) is 0 Å². The van der Waals surface area contributed by atoms with E-state index in [0.717, 1.165) is 41.8 Å². The molecule has 1 unspecified atom stereocenters. The van der Waals surface area contributed by atoms with Crippen molar-refractivity contribution in [1.29, 1.82) is 0 Å². The number of rotatable bonds is 4. The minimum Gasteiger partial charge on any atom is -0.497 e. The summed E-state index contributed by atoms with van der Waals surface area (Å²) < 4.78 is 38.7. The standard InChI is InChI=1S/C23H27N3O4S/c1-13-7-14-8-22(30-4)23(31(27,28)24-2)11-16(14)21-10-18-17-9-15(29-3)5-6-19(17)25-20(18)12-26(13)21/h5-6,8-9,11,13,21,24-25H,7,10,12H2,1-4H3/t13?,21-/m0/s1. The van der Waals surface area contributed by atoms with E-state index in [9.17, 15) is 8.42 Å². The highest BCUT2D eigenvalue weighted by molar-refractivity contribution is 7.89. The van der Waals surface area contributed by atoms with E-state index in [0.29, 0.717) is 11.8 Å². The molecular formula is C23H27N3O4S. The highest BCUT2D eigenvalue weighted by Gasteiger charge is 2.38. The second-order valence-corrected chi connectivity index (χ2v) is 10.2. The van der Waals surface area contributed by atoms with E-state index in [1.165, 1.54) is 30.8 Å². The van der Waals surface area contributed by atoms with Gasteiger partial charge in [-0.15, -0.1) is 0 Å². The summed E-state index contributed by atoms with van der Waals surface area (Å²) in [4.78, 5) is 6.25. The number of methoxy groups -OCH3 is 2. The number of nitrogens with one attached hydrogen (secondary N) is 2. The zero-order chi connectivity index (χ0) is 21.9. The smallest absolute Gasteiger partial charge is 0.244 e. The van der Waals surface area contributed by atoms with Crippen molar-refractivity contribution in [1.82, 2.24) is 14.6 Å². The van der Waals surface area contributed by atoms with Gasteiger partial charge in [-0.3, -0.25) is 4.90 Å². The Hall–Kier alpha value is -2.55. The molecule has 2 N–H and O–H groups in total. The van der Waals surface area contributed by atoms with Gasteiger partial charge >= 0.3 is 0 Å². The van der Waals surface area contributed by atoms with E-state index in [2.05, 4.69) is 33.7 Å². The second-order valence-electron chi connectivity index (χ2n) is 8.35. The molecule has 0 saturated carbocycles. The molecule has 31 heavy (non-hydrogen) atoms. The normalized spacial score (nSPS) is 20.8. The Labute approximate surface area is 182 Å². The van der Waals surface area contributed by atoms with Crippen LogP contribution in [0.2, 0.25) is 0 Å². The van der Waals surface area contributed by atoms with E-state index >= 15 is 0 Å². The Kier molecular flexibility index (Phi) is 4.76. The van der Waals surface area contributed by atoms with Crippen molar-refractivity contribution in [3.63, 3.8) is 0 Å². The summed E-state index contributed by atoms with van der Waals surface area (Å²) in [6, 6.07) is 10.3. The second kappa shape index (κ2) is 7.25. The van der Waals surface area contributed by atoms with Crippen molar-refractivity contribution in [2.24, 2.45) is 0 Å². The number of ether oxygens (including phenoxy) is 2. The maximum absolute atomic E-state index is 12.7. The zero-order valence-corrected chi connectivity index (χ0v) is 19.0. The van der Waals surface area contributed by atoms with Crippen molar-refractivity contribution in [2.45, 2.75) is 43.3 Å². The molecule has 7 nitrogen and oxygen atoms in total. The average molecular weight is 442 g/mol. The largest absolute Gasteiger partial charge is 0.497 e. The number of aromatic nitrogens is 1. The predicted octanol–water partition coefficient (Wildman–Crippen LogP) is 3.14. The summed E-state index contributed by atoms with van der Waals surface area (Å²) in [5.41, 5.74) is 5.83. The molecule has 0 fully saturated rings. The molecule has 0 radical (unpaired) electrons. The maximum atomic E-state index is 12.7. The number of fused-ring (bicyclic) bond motifs is 6. The third-order valence-electron chi connectivity index (χ3n) is 6.76. The lowest BCUT2D eigenvalue weighted by Gasteiger charge is -2.45. The highest BCUT2D eigenvalue weighted by atomic mass is 32.2. The van der Waals surface area contributed by atoms with Gasteiger partial charge in [-0.25, -0.2) is 13.1 Å². The molecule has 164 valence electrons. The van der Waals surface area contributed by atoms with Gasteiger partial charge in [-0.05, 0) is 73.8 Å². The van der Waals surface area contributed by atoms with Crippen molar-refractivity contribution in [2.75, 3.05) is 21.3 Å². The molecule has 0 spiro atoms. The van der Waals surface area contributed by atoms with Crippen LogP contribution < -0.4 is 14.2 Å². The third-order valence-corrected chi connectivity index (χ3v) is 8.20. The number of hydrogen-bond acceptors (Lipinski definition) is 5. The average Bonchev–Trinajstić information content (AvgIpc) is 3.14. The first-order valence-corrected chi connectivity index (χ1v) is 11.9. The third kappa shape index (κ3) is 3.12. The van der Waals surface area contributed by atoms with Gasteiger partial charge < -0.3 is 14.5 Å².